The number of hydrogen-bond acceptors (Lipinski definition) is 2. The van der Waals surface area contributed by atoms with E-state index in [1.54, 1.807) is 38.1 Å². The molecule has 90 valence electrons. The van der Waals surface area contributed by atoms with E-state index in [1.165, 1.54) is 0 Å². The van der Waals surface area contributed by atoms with Crippen LogP contribution in [-0.4, -0.2) is 18.5 Å². The second kappa shape index (κ2) is 4.04. The highest BCUT2D eigenvalue weighted by Crippen LogP contribution is 2.28. The molecule has 0 aromatic heterocycles. The van der Waals surface area contributed by atoms with Gasteiger partial charge in [0.15, 0.2) is 0 Å². The standard InChI is InChI=1S/C12H13ClN2O2/c1-12(2)7-14-11(17)15(10(12)16)9-5-3-4-8(13)6-9/h3-6H,7H2,1-2H3,(H,14,17). The number of urea groups is 1. The Morgan fingerprint density at radius 3 is 2.71 bits per heavy atom. The predicted octanol–water partition coefficient (Wildman–Crippen LogP) is 2.42. The van der Waals surface area contributed by atoms with Crippen molar-refractivity contribution in [2.75, 3.05) is 11.4 Å². The first-order valence-electron chi connectivity index (χ1n) is 5.30. The van der Waals surface area contributed by atoms with Crippen LogP contribution in [0.15, 0.2) is 24.3 Å². The van der Waals surface area contributed by atoms with Crippen LogP contribution >= 0.6 is 11.6 Å². The van der Waals surface area contributed by atoms with Crippen molar-refractivity contribution in [1.82, 2.24) is 5.32 Å². The average molecular weight is 253 g/mol. The summed E-state index contributed by atoms with van der Waals surface area (Å²) < 4.78 is 0. The molecule has 1 saturated heterocycles. The molecule has 1 aromatic carbocycles. The fraction of sp³-hybridized carbons (Fsp3) is 0.333. The molecule has 0 unspecified atom stereocenters. The quantitative estimate of drug-likeness (QED) is 0.835. The van der Waals surface area contributed by atoms with Gasteiger partial charge in [-0.2, -0.15) is 0 Å². The van der Waals surface area contributed by atoms with E-state index < -0.39 is 11.4 Å². The molecule has 1 aromatic rings. The fourth-order valence-electron chi connectivity index (χ4n) is 1.70. The van der Waals surface area contributed by atoms with Gasteiger partial charge in [0, 0.05) is 11.6 Å². The molecule has 5 heteroatoms. The summed E-state index contributed by atoms with van der Waals surface area (Å²) in [6.07, 6.45) is 0. The predicted molar refractivity (Wildman–Crippen MR) is 66.1 cm³/mol. The van der Waals surface area contributed by atoms with Crippen molar-refractivity contribution in [2.24, 2.45) is 5.41 Å². The van der Waals surface area contributed by atoms with Gasteiger partial charge in [-0.1, -0.05) is 17.7 Å². The van der Waals surface area contributed by atoms with Gasteiger partial charge in [-0.05, 0) is 32.0 Å². The van der Waals surface area contributed by atoms with Gasteiger partial charge in [0.1, 0.15) is 0 Å². The lowest BCUT2D eigenvalue weighted by atomic mass is 9.89. The summed E-state index contributed by atoms with van der Waals surface area (Å²) >= 11 is 5.86. The van der Waals surface area contributed by atoms with E-state index in [2.05, 4.69) is 5.32 Å². The number of rotatable bonds is 1. The van der Waals surface area contributed by atoms with Crippen molar-refractivity contribution in [1.29, 1.82) is 0 Å². The third-order valence-corrected chi connectivity index (χ3v) is 2.97. The van der Waals surface area contributed by atoms with Crippen LogP contribution in [0.4, 0.5) is 10.5 Å². The van der Waals surface area contributed by atoms with Gasteiger partial charge >= 0.3 is 6.03 Å². The number of imide groups is 1. The number of hydrogen-bond donors (Lipinski definition) is 1. The van der Waals surface area contributed by atoms with Gasteiger partial charge in [-0.15, -0.1) is 0 Å². The normalized spacial score (nSPS) is 19.1. The molecule has 1 aliphatic rings. The molecule has 0 bridgehead atoms. The zero-order valence-corrected chi connectivity index (χ0v) is 10.4. The van der Waals surface area contributed by atoms with Gasteiger partial charge in [-0.25, -0.2) is 9.69 Å². The number of carbonyl (C=O) groups is 2. The molecule has 0 radical (unpaired) electrons. The van der Waals surface area contributed by atoms with E-state index in [9.17, 15) is 9.59 Å². The molecular formula is C12H13ClN2O2. The van der Waals surface area contributed by atoms with Gasteiger partial charge in [-0.3, -0.25) is 4.79 Å². The smallest absolute Gasteiger partial charge is 0.328 e. The molecule has 1 aliphatic heterocycles. The molecule has 4 nitrogen and oxygen atoms in total. The molecule has 0 aliphatic carbocycles. The molecule has 0 spiro atoms. The SMILES string of the molecule is CC1(C)CNC(=O)N(c2cccc(Cl)c2)C1=O. The van der Waals surface area contributed by atoms with Crippen molar-refractivity contribution >= 4 is 29.2 Å². The van der Waals surface area contributed by atoms with Gasteiger partial charge in [0.25, 0.3) is 0 Å². The van der Waals surface area contributed by atoms with Crippen LogP contribution in [0.3, 0.4) is 0 Å². The second-order valence-electron chi connectivity index (χ2n) is 4.66. The Balaban J connectivity index is 2.42. The minimum atomic E-state index is -0.601. The van der Waals surface area contributed by atoms with Crippen molar-refractivity contribution < 1.29 is 9.59 Å². The summed E-state index contributed by atoms with van der Waals surface area (Å²) in [4.78, 5) is 25.1. The first-order valence-corrected chi connectivity index (χ1v) is 5.67. The lowest BCUT2D eigenvalue weighted by Gasteiger charge is -2.36. The molecule has 3 amide bonds. The highest BCUT2D eigenvalue weighted by molar-refractivity contribution is 6.31. The zero-order valence-electron chi connectivity index (χ0n) is 9.66. The number of amides is 3. The third kappa shape index (κ3) is 2.13. The summed E-state index contributed by atoms with van der Waals surface area (Å²) in [5.74, 6) is -0.219. The molecular weight excluding hydrogens is 240 g/mol. The van der Waals surface area contributed by atoms with Gasteiger partial charge < -0.3 is 5.32 Å². The number of nitrogens with zero attached hydrogens (tertiary/aromatic N) is 1. The molecule has 0 atom stereocenters. The molecule has 17 heavy (non-hydrogen) atoms. The Morgan fingerprint density at radius 1 is 1.35 bits per heavy atom. The summed E-state index contributed by atoms with van der Waals surface area (Å²) in [6, 6.07) is 6.28. The topological polar surface area (TPSA) is 49.4 Å². The maximum atomic E-state index is 12.2. The van der Waals surface area contributed by atoms with E-state index in [0.29, 0.717) is 17.3 Å². The number of carbonyl (C=O) groups excluding carboxylic acids is 2. The van der Waals surface area contributed by atoms with Crippen molar-refractivity contribution in [2.45, 2.75) is 13.8 Å². The van der Waals surface area contributed by atoms with Crippen LogP contribution in [-0.2, 0) is 4.79 Å². The Morgan fingerprint density at radius 2 is 2.06 bits per heavy atom. The Bertz CT molecular complexity index is 485. The van der Waals surface area contributed by atoms with Crippen LogP contribution in [0.2, 0.25) is 5.02 Å². The van der Waals surface area contributed by atoms with Gasteiger partial charge in [0.2, 0.25) is 5.91 Å². The van der Waals surface area contributed by atoms with E-state index in [-0.39, 0.29) is 5.91 Å². The first-order chi connectivity index (χ1) is 7.92. The summed E-state index contributed by atoms with van der Waals surface area (Å²) in [5, 5.41) is 3.19. The summed E-state index contributed by atoms with van der Waals surface area (Å²) in [5.41, 5.74) is -0.108. The Hall–Kier alpha value is -1.55. The number of nitrogens with one attached hydrogen (secondary N) is 1. The highest BCUT2D eigenvalue weighted by atomic mass is 35.5. The minimum absolute atomic E-state index is 0.219. The maximum Gasteiger partial charge on any atom is 0.328 e. The zero-order chi connectivity index (χ0) is 12.6. The van der Waals surface area contributed by atoms with Crippen LogP contribution in [0.25, 0.3) is 0 Å². The second-order valence-corrected chi connectivity index (χ2v) is 5.10. The minimum Gasteiger partial charge on any atom is -0.336 e. The fourth-order valence-corrected chi connectivity index (χ4v) is 1.88. The van der Waals surface area contributed by atoms with E-state index in [1.807, 2.05) is 0 Å². The molecule has 2 rings (SSSR count). The van der Waals surface area contributed by atoms with Crippen LogP contribution < -0.4 is 10.2 Å². The third-order valence-electron chi connectivity index (χ3n) is 2.73. The maximum absolute atomic E-state index is 12.2. The summed E-state index contributed by atoms with van der Waals surface area (Å²) in [7, 11) is 0. The van der Waals surface area contributed by atoms with Crippen LogP contribution in [0.1, 0.15) is 13.8 Å². The molecule has 1 fully saturated rings. The Kier molecular flexibility index (Phi) is 2.83. The van der Waals surface area contributed by atoms with E-state index in [4.69, 9.17) is 11.6 Å². The lowest BCUT2D eigenvalue weighted by Crippen LogP contribution is -2.59. The number of halogens is 1. The highest BCUT2D eigenvalue weighted by Gasteiger charge is 2.40. The van der Waals surface area contributed by atoms with Crippen molar-refractivity contribution in [3.8, 4) is 0 Å². The van der Waals surface area contributed by atoms with Crippen LogP contribution in [0.5, 0.6) is 0 Å². The van der Waals surface area contributed by atoms with Crippen LogP contribution in [0, 0.1) is 5.41 Å². The molecule has 0 saturated carbocycles. The molecule has 1 N–H and O–H groups in total. The van der Waals surface area contributed by atoms with E-state index in [0.717, 1.165) is 4.90 Å². The summed E-state index contributed by atoms with van der Waals surface area (Å²) in [6.45, 7) is 3.94. The van der Waals surface area contributed by atoms with Crippen molar-refractivity contribution in [3.05, 3.63) is 29.3 Å². The van der Waals surface area contributed by atoms with Crippen molar-refractivity contribution in [3.63, 3.8) is 0 Å². The first kappa shape index (κ1) is 11.9. The van der Waals surface area contributed by atoms with Gasteiger partial charge in [0.05, 0.1) is 11.1 Å². The average Bonchev–Trinajstić information content (AvgIpc) is 2.25. The monoisotopic (exact) mass is 252 g/mol. The number of anilines is 1. The largest absolute Gasteiger partial charge is 0.336 e. The van der Waals surface area contributed by atoms with E-state index >= 15 is 0 Å². The molecule has 1 heterocycles. The number of benzene rings is 1. The lowest BCUT2D eigenvalue weighted by molar-refractivity contribution is -0.126. The Labute approximate surface area is 105 Å².